The van der Waals surface area contributed by atoms with Gasteiger partial charge in [-0.05, 0) is 124 Å². The van der Waals surface area contributed by atoms with Gasteiger partial charge in [0.1, 0.15) is 0 Å². The van der Waals surface area contributed by atoms with Crippen LogP contribution >= 0.6 is 11.8 Å². The third-order valence-corrected chi connectivity index (χ3v) is 9.77. The molecule has 0 spiro atoms. The number of hydrogen-bond donors (Lipinski definition) is 2. The number of thioether (sulfide) groups is 1. The van der Waals surface area contributed by atoms with E-state index in [0.717, 1.165) is 59.6 Å². The number of nitrogens with zero attached hydrogens (tertiary/aromatic N) is 2. The molecule has 5 rings (SSSR count). The quantitative estimate of drug-likeness (QED) is 0.319. The molecule has 2 N–H and O–H groups in total. The highest BCUT2D eigenvalue weighted by Gasteiger charge is 2.25. The second-order valence-corrected chi connectivity index (χ2v) is 12.8. The van der Waals surface area contributed by atoms with Gasteiger partial charge in [0.05, 0.1) is 0 Å². The number of H-pyrrole nitrogens is 1. The average Bonchev–Trinajstić information content (AvgIpc) is 3.48. The summed E-state index contributed by atoms with van der Waals surface area (Å²) in [5.74, 6) is 2.21. The molecule has 41 heavy (non-hydrogen) atoms. The maximum Gasteiger partial charge on any atom is 0.253 e. The molecule has 2 saturated heterocycles. The summed E-state index contributed by atoms with van der Waals surface area (Å²) < 4.78 is 0. The minimum absolute atomic E-state index is 0.143. The molecule has 2 aromatic carbocycles. The van der Waals surface area contributed by atoms with Gasteiger partial charge in [-0.3, -0.25) is 14.5 Å². The van der Waals surface area contributed by atoms with Crippen LogP contribution < -0.4 is 15.8 Å². The lowest BCUT2D eigenvalue weighted by molar-refractivity contribution is 0.0950. The topological polar surface area (TPSA) is 68.4 Å². The van der Waals surface area contributed by atoms with Crippen LogP contribution in [0.2, 0.25) is 0 Å². The molecule has 1 amide bonds. The number of aromatic amines is 1. The number of likely N-dealkylation sites (tertiary alicyclic amines) is 1. The summed E-state index contributed by atoms with van der Waals surface area (Å²) in [6, 6.07) is 15.6. The van der Waals surface area contributed by atoms with Crippen molar-refractivity contribution in [3.8, 4) is 11.1 Å². The molecule has 0 radical (unpaired) electrons. The number of aryl methyl sites for hydroxylation is 2. The Kier molecular flexibility index (Phi) is 9.56. The average molecular weight is 573 g/mol. The van der Waals surface area contributed by atoms with Crippen molar-refractivity contribution in [2.75, 3.05) is 36.0 Å². The number of aromatic nitrogens is 1. The van der Waals surface area contributed by atoms with Crippen LogP contribution in [0.1, 0.15) is 70.9 Å². The first-order valence-electron chi connectivity index (χ1n) is 15.1. The predicted octanol–water partition coefficient (Wildman–Crippen LogP) is 6.21. The van der Waals surface area contributed by atoms with Crippen molar-refractivity contribution < 1.29 is 4.79 Å². The Labute approximate surface area is 248 Å². The summed E-state index contributed by atoms with van der Waals surface area (Å²) in [6.45, 7) is 12.5. The van der Waals surface area contributed by atoms with Crippen molar-refractivity contribution in [2.45, 2.75) is 72.5 Å². The van der Waals surface area contributed by atoms with Gasteiger partial charge < -0.3 is 15.2 Å². The van der Waals surface area contributed by atoms with Crippen molar-refractivity contribution in [2.24, 2.45) is 0 Å². The molecule has 0 atom stereocenters. The Hall–Kier alpha value is -3.03. The van der Waals surface area contributed by atoms with Crippen LogP contribution in [0.15, 0.2) is 47.3 Å². The molecule has 3 aromatic rings. The fraction of sp³-hybridized carbons (Fsp3) is 0.471. The first kappa shape index (κ1) is 29.5. The lowest BCUT2D eigenvalue weighted by atomic mass is 9.95. The third-order valence-electron chi connectivity index (χ3n) is 8.72. The maximum atomic E-state index is 13.7. The minimum atomic E-state index is -0.147. The van der Waals surface area contributed by atoms with E-state index in [-0.39, 0.29) is 18.0 Å². The molecule has 0 aliphatic carbocycles. The summed E-state index contributed by atoms with van der Waals surface area (Å²) in [6.07, 6.45) is 4.90. The van der Waals surface area contributed by atoms with Crippen LogP contribution in [0.3, 0.4) is 0 Å². The number of benzene rings is 2. The molecule has 1 aromatic heterocycles. The normalized spacial score (nSPS) is 16.2. The molecule has 218 valence electrons. The predicted molar refractivity (Wildman–Crippen MR) is 172 cm³/mol. The van der Waals surface area contributed by atoms with Crippen molar-refractivity contribution in [3.05, 3.63) is 86.3 Å². The van der Waals surface area contributed by atoms with Gasteiger partial charge in [-0.1, -0.05) is 24.3 Å². The van der Waals surface area contributed by atoms with Gasteiger partial charge in [0.15, 0.2) is 0 Å². The minimum Gasteiger partial charge on any atom is -0.369 e. The highest BCUT2D eigenvalue weighted by atomic mass is 32.2. The van der Waals surface area contributed by atoms with Crippen LogP contribution in [0, 0.1) is 20.8 Å². The highest BCUT2D eigenvalue weighted by Crippen LogP contribution is 2.35. The molecule has 2 fully saturated rings. The number of carbonyl (C=O) groups is 1. The Morgan fingerprint density at radius 1 is 1.02 bits per heavy atom. The van der Waals surface area contributed by atoms with Gasteiger partial charge in [0, 0.05) is 48.2 Å². The van der Waals surface area contributed by atoms with Gasteiger partial charge in [-0.2, -0.15) is 11.8 Å². The number of anilines is 1. The van der Waals surface area contributed by atoms with E-state index in [4.69, 9.17) is 0 Å². The molecule has 7 heteroatoms. The number of pyridine rings is 1. The third kappa shape index (κ3) is 6.90. The Morgan fingerprint density at radius 3 is 2.39 bits per heavy atom. The summed E-state index contributed by atoms with van der Waals surface area (Å²) in [7, 11) is 0. The van der Waals surface area contributed by atoms with E-state index >= 15 is 0 Å². The second-order valence-electron chi connectivity index (χ2n) is 11.6. The largest absolute Gasteiger partial charge is 0.369 e. The standard InChI is InChI=1S/C34H44N4O2S/c1-5-38(29-12-16-41-17-13-29)32-20-28(27-10-8-26(9-11-27)22-37-14-6-7-15-37)19-30(25(32)4)33(39)35-21-31-23(2)18-24(3)36-34(31)40/h8-11,18-20,29H,5-7,12-17,21-22H2,1-4H3,(H,35,39)(H,36,40). The molecule has 2 aliphatic rings. The molecule has 0 bridgehead atoms. The summed E-state index contributed by atoms with van der Waals surface area (Å²) in [5.41, 5.74) is 8.46. The van der Waals surface area contributed by atoms with Crippen LogP contribution in [-0.4, -0.2) is 53.0 Å². The first-order chi connectivity index (χ1) is 19.8. The van der Waals surface area contributed by atoms with Crippen LogP contribution in [0.5, 0.6) is 0 Å². The summed E-state index contributed by atoms with van der Waals surface area (Å²) >= 11 is 2.03. The van der Waals surface area contributed by atoms with Gasteiger partial charge in [-0.25, -0.2) is 0 Å². The maximum absolute atomic E-state index is 13.7. The van der Waals surface area contributed by atoms with E-state index < -0.39 is 0 Å². The fourth-order valence-electron chi connectivity index (χ4n) is 6.39. The van der Waals surface area contributed by atoms with E-state index in [1.54, 1.807) is 0 Å². The summed E-state index contributed by atoms with van der Waals surface area (Å²) in [5, 5.41) is 3.06. The van der Waals surface area contributed by atoms with E-state index in [9.17, 15) is 9.59 Å². The van der Waals surface area contributed by atoms with E-state index in [2.05, 4.69) is 64.3 Å². The van der Waals surface area contributed by atoms with E-state index in [1.807, 2.05) is 37.7 Å². The molecule has 0 saturated carbocycles. The fourth-order valence-corrected chi connectivity index (χ4v) is 7.47. The van der Waals surface area contributed by atoms with Crippen molar-refractivity contribution >= 4 is 23.4 Å². The molecular formula is C34H44N4O2S. The van der Waals surface area contributed by atoms with Gasteiger partial charge in [0.25, 0.3) is 11.5 Å². The Morgan fingerprint density at radius 2 is 1.73 bits per heavy atom. The van der Waals surface area contributed by atoms with E-state index in [1.165, 1.54) is 43.0 Å². The van der Waals surface area contributed by atoms with E-state index in [0.29, 0.717) is 17.2 Å². The molecular weight excluding hydrogens is 528 g/mol. The summed E-state index contributed by atoms with van der Waals surface area (Å²) in [4.78, 5) is 34.2. The molecule has 3 heterocycles. The lowest BCUT2D eigenvalue weighted by Crippen LogP contribution is -2.38. The number of carbonyl (C=O) groups excluding carboxylic acids is 1. The zero-order chi connectivity index (χ0) is 28.9. The molecule has 0 unspecified atom stereocenters. The number of rotatable bonds is 9. The van der Waals surface area contributed by atoms with Crippen LogP contribution in [-0.2, 0) is 13.1 Å². The first-order valence-corrected chi connectivity index (χ1v) is 16.3. The van der Waals surface area contributed by atoms with Gasteiger partial charge >= 0.3 is 0 Å². The SMILES string of the molecule is CCN(c1cc(-c2ccc(CN3CCCC3)cc2)cc(C(=O)NCc2c(C)cc(C)[nH]c2=O)c1C)C1CCSCC1. The highest BCUT2D eigenvalue weighted by molar-refractivity contribution is 7.99. The van der Waals surface area contributed by atoms with Crippen molar-refractivity contribution in [1.82, 2.24) is 15.2 Å². The zero-order valence-electron chi connectivity index (χ0n) is 25.0. The van der Waals surface area contributed by atoms with Crippen molar-refractivity contribution in [1.29, 1.82) is 0 Å². The Balaban J connectivity index is 1.47. The Bertz CT molecular complexity index is 1420. The van der Waals surface area contributed by atoms with Gasteiger partial charge in [0.2, 0.25) is 0 Å². The van der Waals surface area contributed by atoms with Crippen molar-refractivity contribution in [3.63, 3.8) is 0 Å². The monoisotopic (exact) mass is 572 g/mol. The molecule has 2 aliphatic heterocycles. The smallest absolute Gasteiger partial charge is 0.253 e. The lowest BCUT2D eigenvalue weighted by Gasteiger charge is -2.37. The van der Waals surface area contributed by atoms with Crippen LogP contribution in [0.4, 0.5) is 5.69 Å². The van der Waals surface area contributed by atoms with Gasteiger partial charge in [-0.15, -0.1) is 0 Å². The zero-order valence-corrected chi connectivity index (χ0v) is 25.8. The number of hydrogen-bond acceptors (Lipinski definition) is 5. The number of amides is 1. The second kappa shape index (κ2) is 13.3. The number of nitrogens with one attached hydrogen (secondary N) is 2. The molecule has 6 nitrogen and oxygen atoms in total. The van der Waals surface area contributed by atoms with Crippen LogP contribution in [0.25, 0.3) is 11.1 Å².